The number of aromatic nitrogens is 1. The third kappa shape index (κ3) is 3.59. The highest BCUT2D eigenvalue weighted by atomic mass is 16.5. The van der Waals surface area contributed by atoms with Gasteiger partial charge in [-0.05, 0) is 25.0 Å². The van der Waals surface area contributed by atoms with Gasteiger partial charge in [-0.3, -0.25) is 4.79 Å². The molecule has 2 heterocycles. The van der Waals surface area contributed by atoms with Crippen LogP contribution in [-0.2, 0) is 20.8 Å². The fraction of sp³-hybridized carbons (Fsp3) is 0.467. The van der Waals surface area contributed by atoms with E-state index in [9.17, 15) is 4.79 Å². The Labute approximate surface area is 122 Å². The van der Waals surface area contributed by atoms with Gasteiger partial charge in [0.05, 0.1) is 19.3 Å². The molecule has 21 heavy (non-hydrogen) atoms. The van der Waals surface area contributed by atoms with Crippen LogP contribution in [0.25, 0.3) is 11.0 Å². The van der Waals surface area contributed by atoms with E-state index in [0.29, 0.717) is 13.2 Å². The number of benzene rings is 1. The van der Waals surface area contributed by atoms with Crippen molar-refractivity contribution in [3.05, 3.63) is 30.0 Å². The first kappa shape index (κ1) is 14.0. The van der Waals surface area contributed by atoms with Gasteiger partial charge in [-0.2, -0.15) is 0 Å². The summed E-state index contributed by atoms with van der Waals surface area (Å²) in [6.07, 6.45) is 2.21. The second-order valence-corrected chi connectivity index (χ2v) is 5.05. The van der Waals surface area contributed by atoms with Gasteiger partial charge in [0.2, 0.25) is 5.91 Å². The van der Waals surface area contributed by atoms with Gasteiger partial charge in [0, 0.05) is 12.0 Å². The maximum Gasteiger partial charge on any atom is 0.246 e. The lowest BCUT2D eigenvalue weighted by Gasteiger charge is -2.09. The maximum atomic E-state index is 11.7. The molecule has 0 aliphatic carbocycles. The van der Waals surface area contributed by atoms with Crippen molar-refractivity contribution in [3.8, 4) is 0 Å². The van der Waals surface area contributed by atoms with Crippen LogP contribution < -0.4 is 5.32 Å². The topological polar surface area (TPSA) is 73.6 Å². The van der Waals surface area contributed by atoms with Crippen molar-refractivity contribution in [3.63, 3.8) is 0 Å². The molecule has 1 aliphatic heterocycles. The molecule has 1 aliphatic rings. The Balaban J connectivity index is 1.43. The van der Waals surface area contributed by atoms with E-state index >= 15 is 0 Å². The number of rotatable bonds is 6. The standard InChI is InChI=1S/C15H18N2O4/c18-15(10-19-9-11-4-3-7-20-11)16-8-13-12-5-1-2-6-14(12)21-17-13/h1-2,5-6,11H,3-4,7-10H2,(H,16,18). The quantitative estimate of drug-likeness (QED) is 0.875. The Morgan fingerprint density at radius 2 is 2.33 bits per heavy atom. The molecule has 0 radical (unpaired) electrons. The zero-order valence-electron chi connectivity index (χ0n) is 11.7. The van der Waals surface area contributed by atoms with Crippen molar-refractivity contribution < 1.29 is 18.8 Å². The van der Waals surface area contributed by atoms with Crippen LogP contribution in [0.5, 0.6) is 0 Å². The summed E-state index contributed by atoms with van der Waals surface area (Å²) < 4.78 is 16.0. The smallest absolute Gasteiger partial charge is 0.246 e. The molecule has 6 heteroatoms. The summed E-state index contributed by atoms with van der Waals surface area (Å²) in [4.78, 5) is 11.7. The molecule has 1 aromatic carbocycles. The van der Waals surface area contributed by atoms with Crippen LogP contribution in [0.2, 0.25) is 0 Å². The first-order valence-electron chi connectivity index (χ1n) is 7.12. The zero-order chi connectivity index (χ0) is 14.5. The number of fused-ring (bicyclic) bond motifs is 1. The molecule has 1 saturated heterocycles. The summed E-state index contributed by atoms with van der Waals surface area (Å²) in [5.74, 6) is -0.167. The van der Waals surface area contributed by atoms with E-state index in [1.165, 1.54) is 0 Å². The highest BCUT2D eigenvalue weighted by Gasteiger charge is 2.16. The van der Waals surface area contributed by atoms with Gasteiger partial charge >= 0.3 is 0 Å². The summed E-state index contributed by atoms with van der Waals surface area (Å²) in [6, 6.07) is 7.56. The van der Waals surface area contributed by atoms with Gasteiger partial charge in [0.25, 0.3) is 0 Å². The second-order valence-electron chi connectivity index (χ2n) is 5.05. The molecular formula is C15H18N2O4. The van der Waals surface area contributed by atoms with Crippen LogP contribution in [-0.4, -0.2) is 37.0 Å². The normalized spacial score (nSPS) is 18.2. The summed E-state index contributed by atoms with van der Waals surface area (Å²) in [6.45, 7) is 1.63. The Morgan fingerprint density at radius 1 is 1.43 bits per heavy atom. The van der Waals surface area contributed by atoms with E-state index < -0.39 is 0 Å². The van der Waals surface area contributed by atoms with Crippen molar-refractivity contribution in [2.24, 2.45) is 0 Å². The molecule has 2 aromatic rings. The summed E-state index contributed by atoms with van der Waals surface area (Å²) in [5, 5.41) is 7.65. The molecular weight excluding hydrogens is 272 g/mol. The molecule has 0 spiro atoms. The molecule has 1 unspecified atom stereocenters. The third-order valence-electron chi connectivity index (χ3n) is 3.47. The third-order valence-corrected chi connectivity index (χ3v) is 3.47. The fourth-order valence-electron chi connectivity index (χ4n) is 2.36. The number of ether oxygens (including phenoxy) is 2. The lowest BCUT2D eigenvalue weighted by Crippen LogP contribution is -2.29. The zero-order valence-corrected chi connectivity index (χ0v) is 11.7. The molecule has 1 atom stereocenters. The minimum absolute atomic E-state index is 0.0373. The summed E-state index contributed by atoms with van der Waals surface area (Å²) >= 11 is 0. The summed E-state index contributed by atoms with van der Waals surface area (Å²) in [5.41, 5.74) is 1.44. The van der Waals surface area contributed by atoms with E-state index in [-0.39, 0.29) is 18.6 Å². The van der Waals surface area contributed by atoms with Gasteiger partial charge in [-0.15, -0.1) is 0 Å². The second kappa shape index (κ2) is 6.69. The van der Waals surface area contributed by atoms with Crippen molar-refractivity contribution in [1.82, 2.24) is 10.5 Å². The number of nitrogens with zero attached hydrogens (tertiary/aromatic N) is 1. The summed E-state index contributed by atoms with van der Waals surface area (Å²) in [7, 11) is 0. The van der Waals surface area contributed by atoms with Crippen LogP contribution in [0.3, 0.4) is 0 Å². The molecule has 3 rings (SSSR count). The number of nitrogens with one attached hydrogen (secondary N) is 1. The molecule has 0 bridgehead atoms. The SMILES string of the molecule is O=C(COCC1CCCO1)NCc1noc2ccccc12. The average molecular weight is 290 g/mol. The fourth-order valence-corrected chi connectivity index (χ4v) is 2.36. The van der Waals surface area contributed by atoms with Gasteiger partial charge in [-0.1, -0.05) is 17.3 Å². The van der Waals surface area contributed by atoms with Crippen molar-refractivity contribution in [1.29, 1.82) is 0 Å². The predicted molar refractivity (Wildman–Crippen MR) is 75.6 cm³/mol. The van der Waals surface area contributed by atoms with Crippen LogP contribution in [0, 0.1) is 0 Å². The Bertz CT molecular complexity index is 604. The van der Waals surface area contributed by atoms with Gasteiger partial charge in [-0.25, -0.2) is 0 Å². The highest BCUT2D eigenvalue weighted by Crippen LogP contribution is 2.17. The van der Waals surface area contributed by atoms with Crippen LogP contribution in [0.1, 0.15) is 18.5 Å². The van der Waals surface area contributed by atoms with E-state index in [4.69, 9.17) is 14.0 Å². The lowest BCUT2D eigenvalue weighted by atomic mass is 10.2. The van der Waals surface area contributed by atoms with Gasteiger partial charge in [0.15, 0.2) is 5.58 Å². The van der Waals surface area contributed by atoms with Crippen LogP contribution in [0.15, 0.2) is 28.8 Å². The maximum absolute atomic E-state index is 11.7. The van der Waals surface area contributed by atoms with Crippen molar-refractivity contribution in [2.45, 2.75) is 25.5 Å². The highest BCUT2D eigenvalue weighted by molar-refractivity contribution is 5.81. The number of hydrogen-bond donors (Lipinski definition) is 1. The Hall–Kier alpha value is -1.92. The first-order valence-corrected chi connectivity index (χ1v) is 7.12. The monoisotopic (exact) mass is 290 g/mol. The van der Waals surface area contributed by atoms with Crippen molar-refractivity contribution in [2.75, 3.05) is 19.8 Å². The first-order chi connectivity index (χ1) is 10.3. The average Bonchev–Trinajstić information content (AvgIpc) is 3.14. The Morgan fingerprint density at radius 3 is 3.19 bits per heavy atom. The molecule has 0 saturated carbocycles. The van der Waals surface area contributed by atoms with Gasteiger partial charge < -0.3 is 19.3 Å². The van der Waals surface area contributed by atoms with Crippen molar-refractivity contribution >= 4 is 16.9 Å². The number of amides is 1. The lowest BCUT2D eigenvalue weighted by molar-refractivity contribution is -0.127. The minimum atomic E-state index is -0.167. The molecule has 1 N–H and O–H groups in total. The largest absolute Gasteiger partial charge is 0.376 e. The molecule has 6 nitrogen and oxygen atoms in total. The molecule has 1 amide bonds. The van der Waals surface area contributed by atoms with E-state index in [1.54, 1.807) is 0 Å². The Kier molecular flexibility index (Phi) is 4.47. The number of carbonyl (C=O) groups excluding carboxylic acids is 1. The number of hydrogen-bond acceptors (Lipinski definition) is 5. The molecule has 1 fully saturated rings. The van der Waals surface area contributed by atoms with E-state index in [2.05, 4.69) is 10.5 Å². The number of para-hydroxylation sites is 1. The van der Waals surface area contributed by atoms with E-state index in [1.807, 2.05) is 24.3 Å². The minimum Gasteiger partial charge on any atom is -0.376 e. The number of carbonyl (C=O) groups is 1. The van der Waals surface area contributed by atoms with Crippen LogP contribution in [0.4, 0.5) is 0 Å². The van der Waals surface area contributed by atoms with Crippen LogP contribution >= 0.6 is 0 Å². The van der Waals surface area contributed by atoms with Gasteiger partial charge in [0.1, 0.15) is 12.3 Å². The predicted octanol–water partition coefficient (Wildman–Crippen LogP) is 1.64. The van der Waals surface area contributed by atoms with E-state index in [0.717, 1.165) is 36.1 Å². The molecule has 1 aromatic heterocycles. The molecule has 112 valence electrons.